The van der Waals surface area contributed by atoms with Crippen molar-refractivity contribution in [1.82, 2.24) is 18.7 Å². The number of anilines is 1. The lowest BCUT2D eigenvalue weighted by atomic mass is 10.2. The van der Waals surface area contributed by atoms with Crippen molar-refractivity contribution in [3.05, 3.63) is 56.5 Å². The van der Waals surface area contributed by atoms with Crippen molar-refractivity contribution < 1.29 is 4.79 Å². The fourth-order valence-corrected chi connectivity index (χ4v) is 2.78. The topological polar surface area (TPSA) is 90.9 Å². The molecule has 1 amide bonds. The highest BCUT2D eigenvalue weighted by atomic mass is 16.2. The Balaban J connectivity index is 2.06. The van der Waals surface area contributed by atoms with Gasteiger partial charge in [0.05, 0.1) is 0 Å². The molecule has 0 saturated heterocycles. The number of nitrogens with zero attached hydrogens (tertiary/aromatic N) is 4. The summed E-state index contributed by atoms with van der Waals surface area (Å²) in [6, 6.07) is 7.35. The summed E-state index contributed by atoms with van der Waals surface area (Å²) in [6.45, 7) is 1.45. The maximum absolute atomic E-state index is 12.4. The Kier molecular flexibility index (Phi) is 4.33. The second kappa shape index (κ2) is 6.47. The molecule has 0 aliphatic rings. The lowest BCUT2D eigenvalue weighted by Gasteiger charge is -2.03. The average Bonchev–Trinajstić information content (AvgIpc) is 2.93. The Morgan fingerprint density at radius 1 is 1.08 bits per heavy atom. The van der Waals surface area contributed by atoms with Crippen LogP contribution >= 0.6 is 0 Å². The predicted octanol–water partition coefficient (Wildman–Crippen LogP) is 1.10. The van der Waals surface area contributed by atoms with Crippen molar-refractivity contribution in [1.29, 1.82) is 0 Å². The van der Waals surface area contributed by atoms with E-state index in [0.717, 1.165) is 10.1 Å². The van der Waals surface area contributed by atoms with Crippen molar-refractivity contribution >= 4 is 34.9 Å². The Morgan fingerprint density at radius 3 is 2.50 bits per heavy atom. The van der Waals surface area contributed by atoms with Crippen molar-refractivity contribution in [2.45, 2.75) is 6.92 Å². The molecule has 1 N–H and O–H groups in total. The smallest absolute Gasteiger partial charge is 0.326 e. The van der Waals surface area contributed by atoms with Gasteiger partial charge in [-0.25, -0.2) is 9.78 Å². The quantitative estimate of drug-likeness (QED) is 0.763. The molecule has 0 spiro atoms. The average molecular weight is 353 g/mol. The second-order valence-electron chi connectivity index (χ2n) is 6.05. The molecule has 134 valence electrons. The summed E-state index contributed by atoms with van der Waals surface area (Å²) < 4.78 is 4.07. The third-order valence-electron chi connectivity index (χ3n) is 4.14. The van der Waals surface area contributed by atoms with E-state index in [0.29, 0.717) is 22.7 Å². The summed E-state index contributed by atoms with van der Waals surface area (Å²) in [5.74, 6) is 0.404. The Labute approximate surface area is 149 Å². The van der Waals surface area contributed by atoms with E-state index in [2.05, 4.69) is 10.3 Å². The SMILES string of the molecule is CC(=O)Nc1cccc(/C=C/c2nc3c(c(=O)n(C)c(=O)n3C)n2C)c1. The van der Waals surface area contributed by atoms with Crippen molar-refractivity contribution in [2.75, 3.05) is 5.32 Å². The van der Waals surface area contributed by atoms with Gasteiger partial charge in [-0.3, -0.25) is 18.7 Å². The van der Waals surface area contributed by atoms with E-state index >= 15 is 0 Å². The van der Waals surface area contributed by atoms with Crippen LogP contribution in [0.2, 0.25) is 0 Å². The van der Waals surface area contributed by atoms with Gasteiger partial charge in [-0.1, -0.05) is 18.2 Å². The number of fused-ring (bicyclic) bond motifs is 1. The highest BCUT2D eigenvalue weighted by Gasteiger charge is 2.15. The number of amides is 1. The third kappa shape index (κ3) is 2.97. The molecule has 0 unspecified atom stereocenters. The molecular formula is C18H19N5O3. The number of benzene rings is 1. The number of hydrogen-bond donors (Lipinski definition) is 1. The van der Waals surface area contributed by atoms with E-state index in [4.69, 9.17) is 0 Å². The number of hydrogen-bond acceptors (Lipinski definition) is 4. The number of rotatable bonds is 3. The zero-order valence-corrected chi connectivity index (χ0v) is 15.0. The standard InChI is InChI=1S/C18H19N5O3/c1-11(24)19-13-7-5-6-12(10-13)8-9-14-20-16-15(21(14)2)17(25)23(4)18(26)22(16)3/h5-10H,1-4H3,(H,19,24)/b9-8+. The summed E-state index contributed by atoms with van der Waals surface area (Å²) >= 11 is 0. The number of imidazole rings is 1. The summed E-state index contributed by atoms with van der Waals surface area (Å²) in [7, 11) is 4.76. The fourth-order valence-electron chi connectivity index (χ4n) is 2.78. The van der Waals surface area contributed by atoms with Crippen molar-refractivity contribution in [3.8, 4) is 0 Å². The first-order chi connectivity index (χ1) is 12.3. The maximum atomic E-state index is 12.4. The fraction of sp³-hybridized carbons (Fsp3) is 0.222. The summed E-state index contributed by atoms with van der Waals surface area (Å²) in [5.41, 5.74) is 1.46. The van der Waals surface area contributed by atoms with Gasteiger partial charge in [0, 0.05) is 33.8 Å². The zero-order chi connectivity index (χ0) is 19.0. The van der Waals surface area contributed by atoms with Gasteiger partial charge in [-0.2, -0.15) is 0 Å². The number of aromatic nitrogens is 4. The molecule has 8 nitrogen and oxygen atoms in total. The number of nitrogens with one attached hydrogen (secondary N) is 1. The van der Waals surface area contributed by atoms with Crippen LogP contribution in [0.1, 0.15) is 18.3 Å². The molecule has 8 heteroatoms. The zero-order valence-electron chi connectivity index (χ0n) is 15.0. The molecule has 26 heavy (non-hydrogen) atoms. The van der Waals surface area contributed by atoms with Crippen molar-refractivity contribution in [3.63, 3.8) is 0 Å². The monoisotopic (exact) mass is 353 g/mol. The van der Waals surface area contributed by atoms with E-state index < -0.39 is 5.69 Å². The highest BCUT2D eigenvalue weighted by Crippen LogP contribution is 2.15. The molecular weight excluding hydrogens is 334 g/mol. The predicted molar refractivity (Wildman–Crippen MR) is 101 cm³/mol. The molecule has 0 saturated carbocycles. The summed E-state index contributed by atoms with van der Waals surface area (Å²) in [5, 5.41) is 2.73. The van der Waals surface area contributed by atoms with Gasteiger partial charge in [0.2, 0.25) is 5.91 Å². The van der Waals surface area contributed by atoms with Crippen LogP contribution in [0, 0.1) is 0 Å². The van der Waals surface area contributed by atoms with E-state index in [1.165, 1.54) is 18.5 Å². The minimum absolute atomic E-state index is 0.141. The number of carbonyl (C=O) groups excluding carboxylic acids is 1. The lowest BCUT2D eigenvalue weighted by Crippen LogP contribution is -2.37. The van der Waals surface area contributed by atoms with Crippen molar-refractivity contribution in [2.24, 2.45) is 21.1 Å². The largest absolute Gasteiger partial charge is 0.332 e. The Hall–Kier alpha value is -3.42. The van der Waals surface area contributed by atoms with Crippen LogP contribution in [0.25, 0.3) is 23.3 Å². The first kappa shape index (κ1) is 17.4. The Morgan fingerprint density at radius 2 is 1.81 bits per heavy atom. The minimum atomic E-state index is -0.417. The van der Waals surface area contributed by atoms with Gasteiger partial charge >= 0.3 is 5.69 Å². The van der Waals surface area contributed by atoms with Crippen LogP contribution in [0.5, 0.6) is 0 Å². The first-order valence-corrected chi connectivity index (χ1v) is 7.97. The van der Waals surface area contributed by atoms with Crippen LogP contribution in [0.3, 0.4) is 0 Å². The molecule has 2 heterocycles. The van der Waals surface area contributed by atoms with Crippen LogP contribution in [-0.2, 0) is 25.9 Å². The molecule has 0 aliphatic heterocycles. The molecule has 1 aromatic carbocycles. The van der Waals surface area contributed by atoms with Crippen LogP contribution in [0.4, 0.5) is 5.69 Å². The Bertz CT molecular complexity index is 1160. The normalized spacial score (nSPS) is 11.4. The van der Waals surface area contributed by atoms with Crippen LogP contribution in [0.15, 0.2) is 33.9 Å². The molecule has 2 aromatic heterocycles. The van der Waals surface area contributed by atoms with Gasteiger partial charge < -0.3 is 9.88 Å². The third-order valence-corrected chi connectivity index (χ3v) is 4.14. The van der Waals surface area contributed by atoms with Gasteiger partial charge in [-0.05, 0) is 23.8 Å². The number of aryl methyl sites for hydroxylation is 2. The lowest BCUT2D eigenvalue weighted by molar-refractivity contribution is -0.114. The maximum Gasteiger partial charge on any atom is 0.332 e. The van der Waals surface area contributed by atoms with E-state index in [-0.39, 0.29) is 11.5 Å². The van der Waals surface area contributed by atoms with Crippen LogP contribution in [-0.4, -0.2) is 24.6 Å². The number of carbonyl (C=O) groups is 1. The van der Waals surface area contributed by atoms with E-state index in [9.17, 15) is 14.4 Å². The molecule has 3 aromatic rings. The molecule has 0 bridgehead atoms. The second-order valence-corrected chi connectivity index (χ2v) is 6.05. The van der Waals surface area contributed by atoms with E-state index in [1.807, 2.05) is 24.3 Å². The van der Waals surface area contributed by atoms with Gasteiger partial charge in [0.1, 0.15) is 5.82 Å². The highest BCUT2D eigenvalue weighted by molar-refractivity contribution is 5.89. The van der Waals surface area contributed by atoms with Gasteiger partial charge in [0.15, 0.2) is 11.2 Å². The summed E-state index contributed by atoms with van der Waals surface area (Å²) in [4.78, 5) is 40.0. The molecule has 0 radical (unpaired) electrons. The van der Waals surface area contributed by atoms with Crippen LogP contribution < -0.4 is 16.6 Å². The molecule has 0 atom stereocenters. The first-order valence-electron chi connectivity index (χ1n) is 7.97. The molecule has 0 fully saturated rings. The summed E-state index contributed by atoms with van der Waals surface area (Å²) in [6.07, 6.45) is 3.59. The minimum Gasteiger partial charge on any atom is -0.326 e. The molecule has 0 aliphatic carbocycles. The van der Waals surface area contributed by atoms with Gasteiger partial charge in [-0.15, -0.1) is 0 Å². The van der Waals surface area contributed by atoms with Gasteiger partial charge in [0.25, 0.3) is 5.56 Å². The van der Waals surface area contributed by atoms with E-state index in [1.54, 1.807) is 30.8 Å². The molecule has 3 rings (SSSR count).